The second-order valence-corrected chi connectivity index (χ2v) is 7.03. The number of amides is 1. The zero-order valence-electron chi connectivity index (χ0n) is 13.4. The van der Waals surface area contributed by atoms with Crippen LogP contribution in [0.15, 0.2) is 22.7 Å². The summed E-state index contributed by atoms with van der Waals surface area (Å²) in [5.41, 5.74) is -0.0378. The summed E-state index contributed by atoms with van der Waals surface area (Å²) in [7, 11) is 0. The van der Waals surface area contributed by atoms with Crippen LogP contribution in [0.3, 0.4) is 0 Å². The highest BCUT2D eigenvalue weighted by Gasteiger charge is 2.42. The molecule has 2 aliphatic heterocycles. The zero-order chi connectivity index (χ0) is 16.1. The van der Waals surface area contributed by atoms with E-state index in [4.69, 9.17) is 9.57 Å². The highest BCUT2D eigenvalue weighted by molar-refractivity contribution is 7.12. The van der Waals surface area contributed by atoms with Crippen LogP contribution in [-0.2, 0) is 14.4 Å². The number of rotatable bonds is 6. The molecule has 6 nitrogen and oxygen atoms in total. The van der Waals surface area contributed by atoms with Crippen LogP contribution in [0.1, 0.15) is 24.6 Å². The third-order valence-corrected chi connectivity index (χ3v) is 5.11. The Balaban J connectivity index is 1.40. The quantitative estimate of drug-likeness (QED) is 0.799. The van der Waals surface area contributed by atoms with E-state index in [1.54, 1.807) is 18.3 Å². The smallest absolute Gasteiger partial charge is 0.267 e. The highest BCUT2D eigenvalue weighted by Crippen LogP contribution is 2.28. The molecule has 0 unspecified atom stereocenters. The van der Waals surface area contributed by atoms with E-state index < -0.39 is 5.60 Å². The number of hydrogen-bond donors (Lipinski definition) is 1. The van der Waals surface area contributed by atoms with Crippen molar-refractivity contribution in [3.8, 4) is 0 Å². The summed E-state index contributed by atoms with van der Waals surface area (Å²) in [5.74, 6) is -0.0882. The van der Waals surface area contributed by atoms with Gasteiger partial charge in [-0.15, -0.1) is 11.3 Å². The van der Waals surface area contributed by atoms with Crippen molar-refractivity contribution in [1.82, 2.24) is 10.2 Å². The van der Waals surface area contributed by atoms with E-state index in [1.165, 1.54) is 0 Å². The molecule has 2 aliphatic rings. The lowest BCUT2D eigenvalue weighted by molar-refractivity contribution is -0.141. The number of thiophene rings is 1. The molecule has 0 aromatic carbocycles. The fourth-order valence-corrected chi connectivity index (χ4v) is 3.46. The van der Waals surface area contributed by atoms with Gasteiger partial charge in [-0.05, 0) is 31.3 Å². The van der Waals surface area contributed by atoms with Crippen LogP contribution in [0.5, 0.6) is 0 Å². The Bertz CT molecular complexity index is 555. The Morgan fingerprint density at radius 2 is 2.30 bits per heavy atom. The van der Waals surface area contributed by atoms with E-state index in [0.29, 0.717) is 13.0 Å². The standard InChI is InChI=1S/C16H23N3O3S/c1-16(12-13(18-22-16)14-4-2-11-23-14)15(20)17-5-3-6-19-7-9-21-10-8-19/h2,4,11H,3,5-10,12H2,1H3,(H,17,20)/t16-/m0/s1. The molecule has 23 heavy (non-hydrogen) atoms. The first-order chi connectivity index (χ1) is 11.2. The molecule has 126 valence electrons. The molecule has 0 saturated carbocycles. The molecule has 0 radical (unpaired) electrons. The largest absolute Gasteiger partial charge is 0.379 e. The van der Waals surface area contributed by atoms with E-state index in [-0.39, 0.29) is 5.91 Å². The maximum Gasteiger partial charge on any atom is 0.267 e. The summed E-state index contributed by atoms with van der Waals surface area (Å²) in [5, 5.41) is 9.08. The number of nitrogens with zero attached hydrogens (tertiary/aromatic N) is 2. The summed E-state index contributed by atoms with van der Waals surface area (Å²) >= 11 is 1.61. The minimum absolute atomic E-state index is 0.0882. The number of nitrogens with one attached hydrogen (secondary N) is 1. The van der Waals surface area contributed by atoms with E-state index >= 15 is 0 Å². The van der Waals surface area contributed by atoms with Gasteiger partial charge in [0.15, 0.2) is 0 Å². The van der Waals surface area contributed by atoms with Crippen molar-refractivity contribution in [1.29, 1.82) is 0 Å². The van der Waals surface area contributed by atoms with Crippen molar-refractivity contribution in [3.63, 3.8) is 0 Å². The molecule has 1 atom stereocenters. The van der Waals surface area contributed by atoms with Gasteiger partial charge in [-0.2, -0.15) is 0 Å². The second kappa shape index (κ2) is 7.42. The number of oxime groups is 1. The molecule has 1 N–H and O–H groups in total. The summed E-state index contributed by atoms with van der Waals surface area (Å²) in [6.45, 7) is 7.01. The molecule has 7 heteroatoms. The van der Waals surface area contributed by atoms with Crippen LogP contribution in [0.2, 0.25) is 0 Å². The van der Waals surface area contributed by atoms with E-state index in [1.807, 2.05) is 17.5 Å². The normalized spacial score (nSPS) is 25.0. The third kappa shape index (κ3) is 4.10. The van der Waals surface area contributed by atoms with Gasteiger partial charge in [0.1, 0.15) is 5.71 Å². The molecule has 1 aromatic rings. The molecule has 3 rings (SSSR count). The van der Waals surface area contributed by atoms with Gasteiger partial charge in [-0.3, -0.25) is 9.69 Å². The van der Waals surface area contributed by atoms with Crippen molar-refractivity contribution >= 4 is 23.0 Å². The lowest BCUT2D eigenvalue weighted by atomic mass is 9.98. The average Bonchev–Trinajstić information content (AvgIpc) is 3.22. The molecule has 1 amide bonds. The van der Waals surface area contributed by atoms with Gasteiger partial charge in [-0.25, -0.2) is 0 Å². The molecule has 0 bridgehead atoms. The number of carbonyl (C=O) groups is 1. The van der Waals surface area contributed by atoms with Crippen LogP contribution in [0.4, 0.5) is 0 Å². The molecule has 1 saturated heterocycles. The third-order valence-electron chi connectivity index (χ3n) is 4.19. The van der Waals surface area contributed by atoms with E-state index in [0.717, 1.165) is 49.9 Å². The Morgan fingerprint density at radius 1 is 1.48 bits per heavy atom. The van der Waals surface area contributed by atoms with Gasteiger partial charge in [0.2, 0.25) is 5.60 Å². The summed E-state index contributed by atoms with van der Waals surface area (Å²) < 4.78 is 5.33. The van der Waals surface area contributed by atoms with Crippen molar-refractivity contribution in [2.75, 3.05) is 39.4 Å². The van der Waals surface area contributed by atoms with Crippen LogP contribution in [0.25, 0.3) is 0 Å². The van der Waals surface area contributed by atoms with Crippen LogP contribution < -0.4 is 5.32 Å². The monoisotopic (exact) mass is 337 g/mol. The predicted octanol–water partition coefficient (Wildman–Crippen LogP) is 1.47. The van der Waals surface area contributed by atoms with Gasteiger partial charge < -0.3 is 14.9 Å². The molecule has 1 aromatic heterocycles. The van der Waals surface area contributed by atoms with Gasteiger partial charge in [-0.1, -0.05) is 11.2 Å². The Hall–Kier alpha value is -1.44. The van der Waals surface area contributed by atoms with Crippen LogP contribution in [0, 0.1) is 0 Å². The topological polar surface area (TPSA) is 63.2 Å². The summed E-state index contributed by atoms with van der Waals surface area (Å²) in [6.07, 6.45) is 1.45. The zero-order valence-corrected chi connectivity index (χ0v) is 14.2. The molecular formula is C16H23N3O3S. The number of carbonyl (C=O) groups excluding carboxylic acids is 1. The van der Waals surface area contributed by atoms with Crippen molar-refractivity contribution in [3.05, 3.63) is 22.4 Å². The number of ether oxygens (including phenoxy) is 1. The average molecular weight is 337 g/mol. The molecule has 3 heterocycles. The first kappa shape index (κ1) is 16.4. The van der Waals surface area contributed by atoms with Crippen LogP contribution >= 0.6 is 11.3 Å². The fraction of sp³-hybridized carbons (Fsp3) is 0.625. The Kier molecular flexibility index (Phi) is 5.30. The first-order valence-corrected chi connectivity index (χ1v) is 8.93. The van der Waals surface area contributed by atoms with Crippen LogP contribution in [-0.4, -0.2) is 61.5 Å². The van der Waals surface area contributed by atoms with Gasteiger partial charge >= 0.3 is 0 Å². The van der Waals surface area contributed by atoms with E-state index in [9.17, 15) is 4.79 Å². The fourth-order valence-electron chi connectivity index (χ4n) is 2.75. The Morgan fingerprint density at radius 3 is 3.04 bits per heavy atom. The Labute approximate surface area is 140 Å². The van der Waals surface area contributed by atoms with Crippen molar-refractivity contribution < 1.29 is 14.4 Å². The molecule has 0 aliphatic carbocycles. The highest BCUT2D eigenvalue weighted by atomic mass is 32.1. The minimum atomic E-state index is -0.891. The molecule has 0 spiro atoms. The van der Waals surface area contributed by atoms with Gasteiger partial charge in [0.25, 0.3) is 5.91 Å². The lowest BCUT2D eigenvalue weighted by Crippen LogP contribution is -2.45. The predicted molar refractivity (Wildman–Crippen MR) is 89.8 cm³/mol. The lowest BCUT2D eigenvalue weighted by Gasteiger charge is -2.26. The molecular weight excluding hydrogens is 314 g/mol. The SMILES string of the molecule is C[C@@]1(C(=O)NCCCN2CCOCC2)CC(c2cccs2)=NO1. The maximum atomic E-state index is 12.4. The van der Waals surface area contributed by atoms with Gasteiger partial charge in [0.05, 0.1) is 18.1 Å². The number of morpholine rings is 1. The van der Waals surface area contributed by atoms with Gasteiger partial charge in [0, 0.05) is 26.1 Å². The summed E-state index contributed by atoms with van der Waals surface area (Å²) in [6, 6.07) is 3.97. The van der Waals surface area contributed by atoms with Crippen molar-refractivity contribution in [2.45, 2.75) is 25.4 Å². The van der Waals surface area contributed by atoms with E-state index in [2.05, 4.69) is 15.4 Å². The summed E-state index contributed by atoms with van der Waals surface area (Å²) in [4.78, 5) is 21.3. The maximum absolute atomic E-state index is 12.4. The second-order valence-electron chi connectivity index (χ2n) is 6.08. The number of hydrogen-bond acceptors (Lipinski definition) is 6. The first-order valence-electron chi connectivity index (χ1n) is 8.05. The van der Waals surface area contributed by atoms with Crippen molar-refractivity contribution in [2.24, 2.45) is 5.16 Å². The minimum Gasteiger partial charge on any atom is -0.379 e. The molecule has 1 fully saturated rings.